The molecule has 1 atom stereocenters. The number of ether oxygens (including phenoxy) is 1. The third-order valence-corrected chi connectivity index (χ3v) is 3.65. The van der Waals surface area contributed by atoms with Crippen molar-refractivity contribution in [3.8, 4) is 5.75 Å². The van der Waals surface area contributed by atoms with E-state index >= 15 is 0 Å². The average Bonchev–Trinajstić information content (AvgIpc) is 2.93. The summed E-state index contributed by atoms with van der Waals surface area (Å²) in [6.07, 6.45) is 3.66. The SMILES string of the molecule is COc1cccc(NC(=O)N2CCCC2CCCO)c1. The topological polar surface area (TPSA) is 61.8 Å². The molecule has 110 valence electrons. The first-order valence-electron chi connectivity index (χ1n) is 7.07. The summed E-state index contributed by atoms with van der Waals surface area (Å²) in [5.74, 6) is 0.723. The van der Waals surface area contributed by atoms with Crippen LogP contribution < -0.4 is 10.1 Å². The van der Waals surface area contributed by atoms with Crippen LogP contribution in [0.4, 0.5) is 10.5 Å². The summed E-state index contributed by atoms with van der Waals surface area (Å²) < 4.78 is 5.14. The molecule has 0 bridgehead atoms. The quantitative estimate of drug-likeness (QED) is 0.869. The van der Waals surface area contributed by atoms with Crippen molar-refractivity contribution in [1.29, 1.82) is 0 Å². The smallest absolute Gasteiger partial charge is 0.322 e. The van der Waals surface area contributed by atoms with Gasteiger partial charge in [-0.1, -0.05) is 6.07 Å². The lowest BCUT2D eigenvalue weighted by Crippen LogP contribution is -2.38. The Morgan fingerprint density at radius 3 is 3.15 bits per heavy atom. The Balaban J connectivity index is 1.96. The number of benzene rings is 1. The number of hydrogen-bond acceptors (Lipinski definition) is 3. The van der Waals surface area contributed by atoms with Crippen LogP contribution in [0.3, 0.4) is 0 Å². The molecule has 2 rings (SSSR count). The minimum atomic E-state index is -0.0707. The molecule has 0 saturated carbocycles. The van der Waals surface area contributed by atoms with Gasteiger partial charge in [0.1, 0.15) is 5.75 Å². The summed E-state index contributed by atoms with van der Waals surface area (Å²) in [5, 5.41) is 11.8. The highest BCUT2D eigenvalue weighted by Crippen LogP contribution is 2.23. The first-order chi connectivity index (χ1) is 9.74. The van der Waals surface area contributed by atoms with Gasteiger partial charge in [0.2, 0.25) is 0 Å². The Morgan fingerprint density at radius 2 is 2.40 bits per heavy atom. The van der Waals surface area contributed by atoms with Crippen LogP contribution in [0.1, 0.15) is 25.7 Å². The molecule has 2 amide bonds. The Morgan fingerprint density at radius 1 is 1.55 bits per heavy atom. The molecule has 2 N–H and O–H groups in total. The Labute approximate surface area is 119 Å². The summed E-state index contributed by atoms with van der Waals surface area (Å²) in [5.41, 5.74) is 0.738. The largest absolute Gasteiger partial charge is 0.497 e. The maximum absolute atomic E-state index is 12.3. The molecule has 0 aliphatic carbocycles. The van der Waals surface area contributed by atoms with Crippen LogP contribution in [0.25, 0.3) is 0 Å². The van der Waals surface area contributed by atoms with Crippen molar-refractivity contribution in [2.45, 2.75) is 31.7 Å². The molecular formula is C15H22N2O3. The number of nitrogens with one attached hydrogen (secondary N) is 1. The molecule has 1 aromatic rings. The van der Waals surface area contributed by atoms with Crippen molar-refractivity contribution in [3.63, 3.8) is 0 Å². The first-order valence-corrected chi connectivity index (χ1v) is 7.07. The molecule has 0 radical (unpaired) electrons. The fourth-order valence-corrected chi connectivity index (χ4v) is 2.63. The maximum atomic E-state index is 12.3. The van der Waals surface area contributed by atoms with Crippen molar-refractivity contribution < 1.29 is 14.6 Å². The number of rotatable bonds is 5. The summed E-state index contributed by atoms with van der Waals surface area (Å²) in [6, 6.07) is 7.51. The van der Waals surface area contributed by atoms with Crippen LogP contribution in [0, 0.1) is 0 Å². The lowest BCUT2D eigenvalue weighted by Gasteiger charge is -2.25. The van der Waals surface area contributed by atoms with Crippen LogP contribution in [0.15, 0.2) is 24.3 Å². The van der Waals surface area contributed by atoms with Crippen LogP contribution in [0.2, 0.25) is 0 Å². The molecule has 5 heteroatoms. The van der Waals surface area contributed by atoms with Gasteiger partial charge in [0.15, 0.2) is 0 Å². The van der Waals surface area contributed by atoms with Gasteiger partial charge in [-0.15, -0.1) is 0 Å². The van der Waals surface area contributed by atoms with E-state index in [4.69, 9.17) is 9.84 Å². The van der Waals surface area contributed by atoms with E-state index < -0.39 is 0 Å². The summed E-state index contributed by atoms with van der Waals surface area (Å²) in [4.78, 5) is 14.2. The number of aliphatic hydroxyl groups excluding tert-OH is 1. The molecule has 1 aromatic carbocycles. The van der Waals surface area contributed by atoms with Crippen molar-refractivity contribution in [2.75, 3.05) is 25.6 Å². The zero-order chi connectivity index (χ0) is 14.4. The minimum absolute atomic E-state index is 0.0707. The number of carbonyl (C=O) groups is 1. The highest BCUT2D eigenvalue weighted by molar-refractivity contribution is 5.89. The van der Waals surface area contributed by atoms with Crippen LogP contribution in [-0.4, -0.2) is 42.3 Å². The molecule has 1 aliphatic rings. The van der Waals surface area contributed by atoms with Crippen LogP contribution in [-0.2, 0) is 0 Å². The summed E-state index contributed by atoms with van der Waals surface area (Å²) in [6.45, 7) is 0.966. The number of carbonyl (C=O) groups excluding carboxylic acids is 1. The second kappa shape index (κ2) is 7.14. The van der Waals surface area contributed by atoms with Gasteiger partial charge in [-0.25, -0.2) is 4.79 Å². The number of anilines is 1. The van der Waals surface area contributed by atoms with E-state index in [1.165, 1.54) is 0 Å². The lowest BCUT2D eigenvalue weighted by atomic mass is 10.1. The molecule has 0 spiro atoms. The zero-order valence-electron chi connectivity index (χ0n) is 11.8. The Bertz CT molecular complexity index is 450. The predicted octanol–water partition coefficient (Wildman–Crippen LogP) is 2.46. The molecule has 20 heavy (non-hydrogen) atoms. The molecule has 5 nitrogen and oxygen atoms in total. The van der Waals surface area contributed by atoms with Gasteiger partial charge in [-0.05, 0) is 37.8 Å². The lowest BCUT2D eigenvalue weighted by molar-refractivity contribution is 0.197. The van der Waals surface area contributed by atoms with Gasteiger partial charge in [0.25, 0.3) is 0 Å². The number of likely N-dealkylation sites (tertiary alicyclic amines) is 1. The van der Waals surface area contributed by atoms with Crippen molar-refractivity contribution in [3.05, 3.63) is 24.3 Å². The standard InChI is InChI=1S/C15H22N2O3/c1-20-14-8-2-5-12(11-14)16-15(19)17-9-3-6-13(17)7-4-10-18/h2,5,8,11,13,18H,3-4,6-7,9-10H2,1H3,(H,16,19). The molecular weight excluding hydrogens is 256 g/mol. The van der Waals surface area contributed by atoms with Crippen molar-refractivity contribution in [2.24, 2.45) is 0 Å². The molecule has 0 aromatic heterocycles. The third kappa shape index (κ3) is 3.63. The molecule has 1 saturated heterocycles. The number of hydrogen-bond donors (Lipinski definition) is 2. The van der Waals surface area contributed by atoms with E-state index in [1.807, 2.05) is 23.1 Å². The monoisotopic (exact) mass is 278 g/mol. The van der Waals surface area contributed by atoms with Gasteiger partial charge in [0.05, 0.1) is 7.11 Å². The number of urea groups is 1. The summed E-state index contributed by atoms with van der Waals surface area (Å²) >= 11 is 0. The number of nitrogens with zero attached hydrogens (tertiary/aromatic N) is 1. The Hall–Kier alpha value is -1.75. The van der Waals surface area contributed by atoms with Gasteiger partial charge in [-0.3, -0.25) is 0 Å². The van der Waals surface area contributed by atoms with Gasteiger partial charge < -0.3 is 20.1 Å². The Kier molecular flexibility index (Phi) is 5.24. The fourth-order valence-electron chi connectivity index (χ4n) is 2.63. The van der Waals surface area contributed by atoms with Gasteiger partial charge >= 0.3 is 6.03 Å². The fraction of sp³-hybridized carbons (Fsp3) is 0.533. The molecule has 1 aliphatic heterocycles. The van der Waals surface area contributed by atoms with Crippen molar-refractivity contribution >= 4 is 11.7 Å². The van der Waals surface area contributed by atoms with Gasteiger partial charge in [0, 0.05) is 30.9 Å². The molecule has 1 fully saturated rings. The first kappa shape index (κ1) is 14.7. The molecule has 1 unspecified atom stereocenters. The van der Waals surface area contributed by atoms with E-state index in [2.05, 4.69) is 5.32 Å². The predicted molar refractivity (Wildman–Crippen MR) is 78.1 cm³/mol. The number of amides is 2. The average molecular weight is 278 g/mol. The highest BCUT2D eigenvalue weighted by atomic mass is 16.5. The molecule has 1 heterocycles. The van der Waals surface area contributed by atoms with E-state index in [9.17, 15) is 4.79 Å². The normalized spacial score (nSPS) is 18.1. The highest BCUT2D eigenvalue weighted by Gasteiger charge is 2.28. The van der Waals surface area contributed by atoms with E-state index in [1.54, 1.807) is 13.2 Å². The second-order valence-electron chi connectivity index (χ2n) is 5.02. The van der Waals surface area contributed by atoms with E-state index in [0.717, 1.165) is 43.7 Å². The zero-order valence-corrected chi connectivity index (χ0v) is 11.8. The van der Waals surface area contributed by atoms with Gasteiger partial charge in [-0.2, -0.15) is 0 Å². The van der Waals surface area contributed by atoms with Crippen LogP contribution in [0.5, 0.6) is 5.75 Å². The van der Waals surface area contributed by atoms with Crippen LogP contribution >= 0.6 is 0 Å². The number of aliphatic hydroxyl groups is 1. The van der Waals surface area contributed by atoms with E-state index in [-0.39, 0.29) is 18.7 Å². The summed E-state index contributed by atoms with van der Waals surface area (Å²) in [7, 11) is 1.60. The van der Waals surface area contributed by atoms with E-state index in [0.29, 0.717) is 0 Å². The maximum Gasteiger partial charge on any atom is 0.322 e. The van der Waals surface area contributed by atoms with Crippen molar-refractivity contribution in [1.82, 2.24) is 4.90 Å². The second-order valence-corrected chi connectivity index (χ2v) is 5.02. The third-order valence-electron chi connectivity index (χ3n) is 3.65. The number of methoxy groups -OCH3 is 1. The minimum Gasteiger partial charge on any atom is -0.497 e.